The summed E-state index contributed by atoms with van der Waals surface area (Å²) in [6.45, 7) is 7.70. The van der Waals surface area contributed by atoms with Crippen molar-refractivity contribution in [3.8, 4) is 0 Å². The maximum Gasteiger partial charge on any atom is 0.0961 e. The van der Waals surface area contributed by atoms with E-state index in [-0.39, 0.29) is 0 Å². The Kier molecular flexibility index (Phi) is 4.37. The minimum Gasteiger partial charge on any atom is -0.326 e. The van der Waals surface area contributed by atoms with Crippen molar-refractivity contribution in [2.24, 2.45) is 0 Å². The molecule has 2 aromatic rings. The first kappa shape index (κ1) is 13.1. The van der Waals surface area contributed by atoms with E-state index in [4.69, 9.17) is 0 Å². The van der Waals surface area contributed by atoms with Crippen LogP contribution in [0.15, 0.2) is 30.6 Å². The maximum atomic E-state index is 4.44. The Labute approximate surface area is 109 Å². The van der Waals surface area contributed by atoms with E-state index in [0.29, 0.717) is 12.1 Å². The van der Waals surface area contributed by atoms with Crippen molar-refractivity contribution in [3.63, 3.8) is 0 Å². The van der Waals surface area contributed by atoms with E-state index < -0.39 is 0 Å². The number of nitrogens with zero attached hydrogens (tertiary/aromatic N) is 2. The summed E-state index contributed by atoms with van der Waals surface area (Å²) in [6.07, 6.45) is 4.41. The van der Waals surface area contributed by atoms with E-state index in [1.54, 1.807) is 0 Å². The second-order valence-corrected chi connectivity index (χ2v) is 5.09. The first-order valence-corrected chi connectivity index (χ1v) is 6.87. The summed E-state index contributed by atoms with van der Waals surface area (Å²) in [5.41, 5.74) is 2.29. The molecule has 0 aliphatic rings. The molecule has 3 heteroatoms. The summed E-state index contributed by atoms with van der Waals surface area (Å²) in [5.74, 6) is 0. The van der Waals surface area contributed by atoms with Crippen LogP contribution < -0.4 is 5.32 Å². The highest BCUT2D eigenvalue weighted by Gasteiger charge is 2.09. The number of rotatable bonds is 6. The molecule has 0 bridgehead atoms. The number of nitrogens with one attached hydrogen (secondary N) is 1. The van der Waals surface area contributed by atoms with E-state index in [1.165, 1.54) is 18.4 Å². The van der Waals surface area contributed by atoms with Crippen LogP contribution in [0.25, 0.3) is 11.0 Å². The van der Waals surface area contributed by atoms with E-state index in [0.717, 1.165) is 12.1 Å². The number of hydrogen-bond donors (Lipinski definition) is 1. The highest BCUT2D eigenvalue weighted by Crippen LogP contribution is 2.16. The van der Waals surface area contributed by atoms with Gasteiger partial charge in [0.15, 0.2) is 0 Å². The predicted molar refractivity (Wildman–Crippen MR) is 76.8 cm³/mol. The highest BCUT2D eigenvalue weighted by atomic mass is 15.1. The number of fused-ring (bicyclic) bond motifs is 1. The van der Waals surface area contributed by atoms with Crippen LogP contribution in [0.3, 0.4) is 0 Å². The Hall–Kier alpha value is -1.35. The van der Waals surface area contributed by atoms with Crippen LogP contribution in [-0.2, 0) is 0 Å². The number of para-hydroxylation sites is 2. The normalized spacial score (nSPS) is 14.8. The number of hydrogen-bond acceptors (Lipinski definition) is 2. The molecule has 1 N–H and O–H groups in total. The Morgan fingerprint density at radius 3 is 2.83 bits per heavy atom. The second-order valence-electron chi connectivity index (χ2n) is 5.09. The molecule has 1 heterocycles. The van der Waals surface area contributed by atoms with Crippen LogP contribution >= 0.6 is 0 Å². The molecule has 0 spiro atoms. The average molecular weight is 245 g/mol. The zero-order chi connectivity index (χ0) is 13.0. The van der Waals surface area contributed by atoms with Gasteiger partial charge in [0.2, 0.25) is 0 Å². The lowest BCUT2D eigenvalue weighted by molar-refractivity contribution is 0.440. The van der Waals surface area contributed by atoms with Crippen LogP contribution in [0.4, 0.5) is 0 Å². The molecule has 98 valence electrons. The third kappa shape index (κ3) is 2.91. The molecule has 1 aromatic carbocycles. The minimum atomic E-state index is 0.428. The molecule has 0 aliphatic carbocycles. The zero-order valence-corrected chi connectivity index (χ0v) is 11.6. The van der Waals surface area contributed by atoms with Crippen LogP contribution in [0.1, 0.15) is 39.7 Å². The SMILES string of the molecule is CCCC(C)NCC(C)n1cnc2ccccc21. The number of benzene rings is 1. The smallest absolute Gasteiger partial charge is 0.0961 e. The van der Waals surface area contributed by atoms with Crippen molar-refractivity contribution in [1.29, 1.82) is 0 Å². The molecule has 18 heavy (non-hydrogen) atoms. The third-order valence-electron chi connectivity index (χ3n) is 3.44. The van der Waals surface area contributed by atoms with Crippen LogP contribution in [-0.4, -0.2) is 22.1 Å². The van der Waals surface area contributed by atoms with E-state index in [1.807, 2.05) is 12.4 Å². The first-order valence-electron chi connectivity index (χ1n) is 6.87. The first-order chi connectivity index (χ1) is 8.72. The van der Waals surface area contributed by atoms with Gasteiger partial charge in [0, 0.05) is 18.6 Å². The monoisotopic (exact) mass is 245 g/mol. The summed E-state index contributed by atoms with van der Waals surface area (Å²) in [5, 5.41) is 3.59. The average Bonchev–Trinajstić information content (AvgIpc) is 2.80. The Bertz CT molecular complexity index is 489. The maximum absolute atomic E-state index is 4.44. The third-order valence-corrected chi connectivity index (χ3v) is 3.44. The molecule has 0 fully saturated rings. The lowest BCUT2D eigenvalue weighted by atomic mass is 10.2. The fraction of sp³-hybridized carbons (Fsp3) is 0.533. The molecule has 0 amide bonds. The molecular weight excluding hydrogens is 222 g/mol. The quantitative estimate of drug-likeness (QED) is 0.845. The van der Waals surface area contributed by atoms with Gasteiger partial charge in [0.25, 0.3) is 0 Å². The van der Waals surface area contributed by atoms with Gasteiger partial charge < -0.3 is 9.88 Å². The zero-order valence-electron chi connectivity index (χ0n) is 11.6. The molecule has 0 aliphatic heterocycles. The second kappa shape index (κ2) is 6.01. The molecule has 0 saturated carbocycles. The lowest BCUT2D eigenvalue weighted by Gasteiger charge is -2.19. The van der Waals surface area contributed by atoms with E-state index in [2.05, 4.69) is 53.8 Å². The van der Waals surface area contributed by atoms with Crippen LogP contribution in [0, 0.1) is 0 Å². The molecule has 0 radical (unpaired) electrons. The molecular formula is C15H23N3. The van der Waals surface area contributed by atoms with Gasteiger partial charge in [-0.2, -0.15) is 0 Å². The lowest BCUT2D eigenvalue weighted by Crippen LogP contribution is -2.31. The van der Waals surface area contributed by atoms with Crippen molar-refractivity contribution in [1.82, 2.24) is 14.9 Å². The minimum absolute atomic E-state index is 0.428. The van der Waals surface area contributed by atoms with Crippen molar-refractivity contribution in [2.75, 3.05) is 6.54 Å². The fourth-order valence-electron chi connectivity index (χ4n) is 2.33. The van der Waals surface area contributed by atoms with Gasteiger partial charge in [-0.05, 0) is 32.4 Å². The van der Waals surface area contributed by atoms with Gasteiger partial charge in [-0.25, -0.2) is 4.98 Å². The van der Waals surface area contributed by atoms with Gasteiger partial charge in [-0.3, -0.25) is 0 Å². The van der Waals surface area contributed by atoms with Crippen molar-refractivity contribution < 1.29 is 0 Å². The van der Waals surface area contributed by atoms with Gasteiger partial charge in [-0.15, -0.1) is 0 Å². The molecule has 1 aromatic heterocycles. The summed E-state index contributed by atoms with van der Waals surface area (Å²) in [6, 6.07) is 9.32. The van der Waals surface area contributed by atoms with Crippen molar-refractivity contribution in [2.45, 2.75) is 45.7 Å². The molecule has 2 rings (SSSR count). The molecule has 2 unspecified atom stereocenters. The van der Waals surface area contributed by atoms with Crippen LogP contribution in [0.5, 0.6) is 0 Å². The Morgan fingerprint density at radius 2 is 2.06 bits per heavy atom. The standard InChI is InChI=1S/C15H23N3/c1-4-7-12(2)16-10-13(3)18-11-17-14-8-5-6-9-15(14)18/h5-6,8-9,11-13,16H,4,7,10H2,1-3H3. The largest absolute Gasteiger partial charge is 0.326 e. The fourth-order valence-corrected chi connectivity index (χ4v) is 2.33. The van der Waals surface area contributed by atoms with Gasteiger partial charge in [0.1, 0.15) is 0 Å². The predicted octanol–water partition coefficient (Wildman–Crippen LogP) is 3.38. The Morgan fingerprint density at radius 1 is 1.28 bits per heavy atom. The molecule has 3 nitrogen and oxygen atoms in total. The topological polar surface area (TPSA) is 29.9 Å². The summed E-state index contributed by atoms with van der Waals surface area (Å²) >= 11 is 0. The molecule has 2 atom stereocenters. The Balaban J connectivity index is 2.02. The van der Waals surface area contributed by atoms with E-state index in [9.17, 15) is 0 Å². The van der Waals surface area contributed by atoms with E-state index >= 15 is 0 Å². The van der Waals surface area contributed by atoms with Crippen LogP contribution in [0.2, 0.25) is 0 Å². The van der Waals surface area contributed by atoms with Gasteiger partial charge >= 0.3 is 0 Å². The summed E-state index contributed by atoms with van der Waals surface area (Å²) < 4.78 is 2.25. The van der Waals surface area contributed by atoms with Crippen molar-refractivity contribution >= 4 is 11.0 Å². The van der Waals surface area contributed by atoms with Gasteiger partial charge in [-0.1, -0.05) is 25.5 Å². The summed E-state index contributed by atoms with van der Waals surface area (Å²) in [7, 11) is 0. The molecule has 0 saturated heterocycles. The number of imidazole rings is 1. The number of aromatic nitrogens is 2. The van der Waals surface area contributed by atoms with Gasteiger partial charge in [0.05, 0.1) is 17.4 Å². The summed E-state index contributed by atoms with van der Waals surface area (Å²) in [4.78, 5) is 4.44. The highest BCUT2D eigenvalue weighted by molar-refractivity contribution is 5.75. The van der Waals surface area contributed by atoms with Crippen molar-refractivity contribution in [3.05, 3.63) is 30.6 Å².